The third-order valence-corrected chi connectivity index (χ3v) is 2.65. The lowest BCUT2D eigenvalue weighted by Gasteiger charge is -2.12. The molecular formula is C11H18N2O3S. The first-order valence-electron chi connectivity index (χ1n) is 5.21. The van der Waals surface area contributed by atoms with E-state index in [1.165, 1.54) is 0 Å². The highest BCUT2D eigenvalue weighted by Gasteiger charge is 2.11. The van der Waals surface area contributed by atoms with Crippen LogP contribution in [0.25, 0.3) is 0 Å². The fourth-order valence-electron chi connectivity index (χ4n) is 0.933. The molecule has 2 N–H and O–H groups in total. The van der Waals surface area contributed by atoms with Crippen LogP contribution in [0.1, 0.15) is 13.3 Å². The van der Waals surface area contributed by atoms with Gasteiger partial charge in [-0.3, -0.25) is 15.6 Å². The van der Waals surface area contributed by atoms with Gasteiger partial charge in [0.25, 0.3) is 0 Å². The van der Waals surface area contributed by atoms with Crippen molar-refractivity contribution >= 4 is 28.1 Å². The number of rotatable bonds is 3. The van der Waals surface area contributed by atoms with Crippen molar-refractivity contribution in [1.29, 1.82) is 10.8 Å². The van der Waals surface area contributed by atoms with Gasteiger partial charge < -0.3 is 9.47 Å². The van der Waals surface area contributed by atoms with Crippen LogP contribution >= 0.6 is 11.8 Å². The summed E-state index contributed by atoms with van der Waals surface area (Å²) in [6.45, 7) is 3.91. The second kappa shape index (κ2) is 10.2. The van der Waals surface area contributed by atoms with E-state index in [-0.39, 0.29) is 10.1 Å². The maximum Gasteiger partial charge on any atom is 0.174 e. The highest BCUT2D eigenvalue weighted by atomic mass is 32.2. The van der Waals surface area contributed by atoms with Crippen molar-refractivity contribution in [3.63, 3.8) is 0 Å². The van der Waals surface area contributed by atoms with Gasteiger partial charge in [-0.05, 0) is 30.7 Å². The smallest absolute Gasteiger partial charge is 0.174 e. The summed E-state index contributed by atoms with van der Waals surface area (Å²) in [5.74, 6) is 0. The van der Waals surface area contributed by atoms with Gasteiger partial charge in [-0.15, -0.1) is 0 Å². The Morgan fingerprint density at radius 2 is 2.29 bits per heavy atom. The molecule has 0 aliphatic carbocycles. The van der Waals surface area contributed by atoms with E-state index < -0.39 is 0 Å². The van der Waals surface area contributed by atoms with E-state index in [9.17, 15) is 4.79 Å². The number of methoxy groups -OCH3 is 1. The van der Waals surface area contributed by atoms with Crippen LogP contribution in [-0.4, -0.2) is 43.3 Å². The second-order valence-corrected chi connectivity index (χ2v) is 4.10. The fourth-order valence-corrected chi connectivity index (χ4v) is 1.52. The number of hydrogen-bond acceptors (Lipinski definition) is 6. The summed E-state index contributed by atoms with van der Waals surface area (Å²) in [7, 11) is 1.68. The quantitative estimate of drug-likeness (QED) is 0.460. The third-order valence-electron chi connectivity index (χ3n) is 1.86. The molecule has 0 aromatic rings. The van der Waals surface area contributed by atoms with Crippen LogP contribution in [0.2, 0.25) is 0 Å². The van der Waals surface area contributed by atoms with Gasteiger partial charge in [0.2, 0.25) is 0 Å². The number of carbonyl (C=O) groups is 1. The van der Waals surface area contributed by atoms with E-state index in [2.05, 4.69) is 4.74 Å². The Balaban J connectivity index is 0.000000557. The van der Waals surface area contributed by atoms with E-state index in [1.54, 1.807) is 7.11 Å². The average molecular weight is 258 g/mol. The van der Waals surface area contributed by atoms with Crippen molar-refractivity contribution in [2.24, 2.45) is 0 Å². The highest BCUT2D eigenvalue weighted by molar-refractivity contribution is 8.28. The van der Waals surface area contributed by atoms with Gasteiger partial charge in [-0.1, -0.05) is 6.08 Å². The lowest BCUT2D eigenvalue weighted by atomic mass is 10.2. The van der Waals surface area contributed by atoms with Crippen LogP contribution in [-0.2, 0) is 14.3 Å². The van der Waals surface area contributed by atoms with E-state index in [1.807, 2.05) is 13.0 Å². The van der Waals surface area contributed by atoms with Crippen molar-refractivity contribution in [1.82, 2.24) is 0 Å². The first-order chi connectivity index (χ1) is 8.15. The maximum absolute atomic E-state index is 10.1. The molecule has 1 heterocycles. The van der Waals surface area contributed by atoms with Gasteiger partial charge in [0, 0.05) is 13.7 Å². The molecule has 0 saturated carbocycles. The maximum atomic E-state index is 10.1. The molecule has 17 heavy (non-hydrogen) atoms. The van der Waals surface area contributed by atoms with Crippen LogP contribution in [0, 0.1) is 10.8 Å². The molecule has 0 amide bonds. The summed E-state index contributed by atoms with van der Waals surface area (Å²) < 4.78 is 9.62. The molecule has 0 atom stereocenters. The molecule has 0 fully saturated rings. The summed E-state index contributed by atoms with van der Waals surface area (Å²) in [5, 5.41) is 14.8. The van der Waals surface area contributed by atoms with E-state index in [0.717, 1.165) is 23.9 Å². The molecule has 0 spiro atoms. The van der Waals surface area contributed by atoms with Gasteiger partial charge in [0.15, 0.2) is 6.29 Å². The number of carbonyl (C=O) groups excluding carboxylic acids is 1. The Morgan fingerprint density at radius 1 is 1.65 bits per heavy atom. The number of thioether (sulfide) groups is 1. The van der Waals surface area contributed by atoms with Crippen molar-refractivity contribution in [2.45, 2.75) is 13.3 Å². The van der Waals surface area contributed by atoms with Gasteiger partial charge in [-0.25, -0.2) is 0 Å². The molecule has 1 rings (SSSR count). The molecule has 6 heteroatoms. The molecule has 0 unspecified atom stereocenters. The molecule has 96 valence electrons. The fraction of sp³-hybridized carbons (Fsp3) is 0.545. The van der Waals surface area contributed by atoms with Crippen molar-refractivity contribution in [3.05, 3.63) is 11.6 Å². The number of aldehydes is 1. The Labute approximate surface area is 106 Å². The molecular weight excluding hydrogens is 240 g/mol. The summed E-state index contributed by atoms with van der Waals surface area (Å²) in [6.07, 6.45) is 2.95. The molecule has 0 saturated heterocycles. The molecule has 5 nitrogen and oxygen atoms in total. The van der Waals surface area contributed by atoms with Crippen molar-refractivity contribution in [3.8, 4) is 0 Å². The van der Waals surface area contributed by atoms with Crippen LogP contribution in [0.3, 0.4) is 0 Å². The number of ether oxygens (including phenoxy) is 2. The lowest BCUT2D eigenvalue weighted by Crippen LogP contribution is -2.10. The van der Waals surface area contributed by atoms with E-state index in [4.69, 9.17) is 15.6 Å². The van der Waals surface area contributed by atoms with Crippen LogP contribution in [0.4, 0.5) is 0 Å². The Hall–Kier alpha value is -0.980. The first-order valence-corrected chi connectivity index (χ1v) is 6.03. The van der Waals surface area contributed by atoms with Gasteiger partial charge >= 0.3 is 0 Å². The van der Waals surface area contributed by atoms with Crippen molar-refractivity contribution < 1.29 is 14.3 Å². The molecule has 1 aliphatic rings. The van der Waals surface area contributed by atoms with Crippen LogP contribution < -0.4 is 0 Å². The zero-order valence-corrected chi connectivity index (χ0v) is 10.9. The van der Waals surface area contributed by atoms with E-state index in [0.29, 0.717) is 25.9 Å². The summed E-state index contributed by atoms with van der Waals surface area (Å²) in [6, 6.07) is 0. The van der Waals surface area contributed by atoms with Gasteiger partial charge in [-0.2, -0.15) is 0 Å². The van der Waals surface area contributed by atoms with Crippen LogP contribution in [0.5, 0.6) is 0 Å². The first kappa shape index (κ1) is 16.0. The zero-order chi connectivity index (χ0) is 13.1. The largest absolute Gasteiger partial charge is 0.385 e. The Bertz CT molecular complexity index is 301. The predicted octanol–water partition coefficient (Wildman–Crippen LogP) is 1.87. The minimum atomic E-state index is -0.127. The Kier molecular flexibility index (Phi) is 9.60. The number of hydrogen-bond donors (Lipinski definition) is 2. The summed E-state index contributed by atoms with van der Waals surface area (Å²) >= 11 is 0.881. The molecule has 1 aliphatic heterocycles. The Morgan fingerprint density at radius 3 is 2.71 bits per heavy atom. The van der Waals surface area contributed by atoms with Gasteiger partial charge in [0.1, 0.15) is 5.04 Å². The average Bonchev–Trinajstić information content (AvgIpc) is 2.39. The van der Waals surface area contributed by atoms with Gasteiger partial charge in [0.05, 0.1) is 18.3 Å². The zero-order valence-electron chi connectivity index (χ0n) is 10.1. The lowest BCUT2D eigenvalue weighted by molar-refractivity contribution is -0.102. The van der Waals surface area contributed by atoms with Crippen molar-refractivity contribution in [2.75, 3.05) is 26.9 Å². The highest BCUT2D eigenvalue weighted by Crippen LogP contribution is 2.17. The molecule has 0 aromatic heterocycles. The standard InChI is InChI=1S/C8H10N2O2S.C3H8O/c9-7(5-11)13-8(10)6-1-3-12-4-2-6;1-3-4-2/h1,5,9-10H,2-4H2;3H2,1-2H3. The normalized spacial score (nSPS) is 14.1. The van der Waals surface area contributed by atoms with Crippen LogP contribution in [0.15, 0.2) is 11.6 Å². The SMILES string of the molecule is CCOC.N=C(C=O)SC(=N)C1=CCOCC1. The molecule has 0 aromatic carbocycles. The molecule has 0 bridgehead atoms. The minimum absolute atomic E-state index is 0.127. The monoisotopic (exact) mass is 258 g/mol. The van der Waals surface area contributed by atoms with E-state index >= 15 is 0 Å². The number of nitrogens with one attached hydrogen (secondary N) is 2. The topological polar surface area (TPSA) is 83.2 Å². The summed E-state index contributed by atoms with van der Waals surface area (Å²) in [5.41, 5.74) is 0.864. The second-order valence-electron chi connectivity index (χ2n) is 3.04. The predicted molar refractivity (Wildman–Crippen MR) is 70.2 cm³/mol. The third kappa shape index (κ3) is 7.84. The minimum Gasteiger partial charge on any atom is -0.385 e. The molecule has 0 radical (unpaired) electrons. The summed E-state index contributed by atoms with van der Waals surface area (Å²) in [4.78, 5) is 10.1.